The molecule has 0 bridgehead atoms. The topological polar surface area (TPSA) is 101 Å². The van der Waals surface area contributed by atoms with Crippen molar-refractivity contribution < 1.29 is 14.1 Å². The van der Waals surface area contributed by atoms with Crippen molar-refractivity contribution in [3.8, 4) is 0 Å². The van der Waals surface area contributed by atoms with Crippen molar-refractivity contribution in [1.29, 1.82) is 0 Å². The van der Waals surface area contributed by atoms with Crippen LogP contribution in [0.15, 0.2) is 45.9 Å². The van der Waals surface area contributed by atoms with Gasteiger partial charge in [0.05, 0.1) is 11.1 Å². The highest BCUT2D eigenvalue weighted by molar-refractivity contribution is 5.94. The molecule has 1 amide bonds. The lowest BCUT2D eigenvalue weighted by Gasteiger charge is -2.12. The number of nitro benzene ring substituents is 1. The molecule has 1 N–H and O–H groups in total. The highest BCUT2D eigenvalue weighted by Gasteiger charge is 2.15. The molecule has 8 heteroatoms. The predicted molar refractivity (Wildman–Crippen MR) is 88.3 cm³/mol. The van der Waals surface area contributed by atoms with Crippen molar-refractivity contribution in [3.05, 3.63) is 57.8 Å². The summed E-state index contributed by atoms with van der Waals surface area (Å²) in [4.78, 5) is 24.1. The number of rotatable bonds is 5. The molecular formula is C16H16N4O4. The number of non-ortho nitro benzene ring substituents is 1. The smallest absolute Gasteiger partial charge is 0.271 e. The number of nitro groups is 1. The highest BCUT2D eigenvalue weighted by Crippen LogP contribution is 2.21. The van der Waals surface area contributed by atoms with E-state index < -0.39 is 10.8 Å². The van der Waals surface area contributed by atoms with Crippen molar-refractivity contribution >= 4 is 23.7 Å². The third kappa shape index (κ3) is 3.60. The maximum absolute atomic E-state index is 11.9. The number of furan rings is 1. The van der Waals surface area contributed by atoms with Crippen molar-refractivity contribution in [2.24, 2.45) is 5.10 Å². The van der Waals surface area contributed by atoms with Gasteiger partial charge in [-0.2, -0.15) is 5.10 Å². The molecule has 0 spiro atoms. The van der Waals surface area contributed by atoms with Crippen molar-refractivity contribution in [2.75, 3.05) is 18.0 Å². The number of nitrogens with one attached hydrogen (secondary N) is 1. The monoisotopic (exact) mass is 328 g/mol. The average molecular weight is 328 g/mol. The van der Waals surface area contributed by atoms with E-state index in [0.29, 0.717) is 5.76 Å². The number of carbonyl (C=O) groups is 1. The highest BCUT2D eigenvalue weighted by atomic mass is 16.6. The molecule has 1 aromatic heterocycles. The van der Waals surface area contributed by atoms with E-state index in [0.717, 1.165) is 31.8 Å². The van der Waals surface area contributed by atoms with Crippen LogP contribution in [0.2, 0.25) is 0 Å². The SMILES string of the molecule is O=C(N/N=C\c1ccc(N2CCCC2)o1)c1ccc([N+](=O)[O-])cc1. The van der Waals surface area contributed by atoms with Gasteiger partial charge in [0.2, 0.25) is 0 Å². The number of carbonyl (C=O) groups excluding carboxylic acids is 1. The van der Waals surface area contributed by atoms with Gasteiger partial charge in [0.25, 0.3) is 11.6 Å². The van der Waals surface area contributed by atoms with Gasteiger partial charge in [-0.15, -0.1) is 0 Å². The fourth-order valence-electron chi connectivity index (χ4n) is 2.47. The molecule has 1 aliphatic rings. The molecule has 0 aliphatic carbocycles. The van der Waals surface area contributed by atoms with Gasteiger partial charge in [-0.05, 0) is 31.0 Å². The van der Waals surface area contributed by atoms with Gasteiger partial charge in [0, 0.05) is 36.9 Å². The summed E-state index contributed by atoms with van der Waals surface area (Å²) in [5.74, 6) is 0.893. The first-order valence-electron chi connectivity index (χ1n) is 7.56. The van der Waals surface area contributed by atoms with Crippen LogP contribution < -0.4 is 10.3 Å². The summed E-state index contributed by atoms with van der Waals surface area (Å²) >= 11 is 0. The first-order valence-corrected chi connectivity index (χ1v) is 7.56. The summed E-state index contributed by atoms with van der Waals surface area (Å²) in [5, 5.41) is 14.4. The van der Waals surface area contributed by atoms with Crippen LogP contribution in [-0.2, 0) is 0 Å². The van der Waals surface area contributed by atoms with Crippen molar-refractivity contribution in [3.63, 3.8) is 0 Å². The summed E-state index contributed by atoms with van der Waals surface area (Å²) in [7, 11) is 0. The minimum absolute atomic E-state index is 0.0694. The Bertz CT molecular complexity index is 761. The third-order valence-electron chi connectivity index (χ3n) is 3.73. The van der Waals surface area contributed by atoms with Crippen LogP contribution in [0.5, 0.6) is 0 Å². The van der Waals surface area contributed by atoms with Gasteiger partial charge in [-0.1, -0.05) is 0 Å². The Labute approximate surface area is 137 Å². The van der Waals surface area contributed by atoms with E-state index in [-0.39, 0.29) is 11.3 Å². The molecule has 2 heterocycles. The van der Waals surface area contributed by atoms with Crippen LogP contribution in [0.25, 0.3) is 0 Å². The van der Waals surface area contributed by atoms with Crippen molar-refractivity contribution in [2.45, 2.75) is 12.8 Å². The van der Waals surface area contributed by atoms with Gasteiger partial charge in [0.15, 0.2) is 5.88 Å². The summed E-state index contributed by atoms with van der Waals surface area (Å²) in [5.41, 5.74) is 2.58. The molecule has 8 nitrogen and oxygen atoms in total. The third-order valence-corrected chi connectivity index (χ3v) is 3.73. The zero-order valence-electron chi connectivity index (χ0n) is 12.8. The van der Waals surface area contributed by atoms with Gasteiger partial charge in [-0.3, -0.25) is 14.9 Å². The van der Waals surface area contributed by atoms with E-state index in [1.165, 1.54) is 30.5 Å². The molecule has 24 heavy (non-hydrogen) atoms. The summed E-state index contributed by atoms with van der Waals surface area (Å²) in [6, 6.07) is 8.96. The minimum atomic E-state index is -0.519. The number of hydrogen-bond donors (Lipinski definition) is 1. The fraction of sp³-hybridized carbons (Fsp3) is 0.250. The molecule has 1 fully saturated rings. The lowest BCUT2D eigenvalue weighted by atomic mass is 10.2. The molecule has 124 valence electrons. The van der Waals surface area contributed by atoms with Gasteiger partial charge < -0.3 is 9.32 Å². The molecule has 0 unspecified atom stereocenters. The number of hydrazone groups is 1. The van der Waals surface area contributed by atoms with Gasteiger partial charge in [-0.25, -0.2) is 5.43 Å². The molecule has 2 aromatic rings. The number of nitrogens with zero attached hydrogens (tertiary/aromatic N) is 3. The fourth-order valence-corrected chi connectivity index (χ4v) is 2.47. The van der Waals surface area contributed by atoms with Crippen LogP contribution in [0, 0.1) is 10.1 Å². The second-order valence-electron chi connectivity index (χ2n) is 5.37. The van der Waals surface area contributed by atoms with Gasteiger partial charge in [0.1, 0.15) is 5.76 Å². The summed E-state index contributed by atoms with van der Waals surface area (Å²) < 4.78 is 5.65. The molecular weight excluding hydrogens is 312 g/mol. The normalized spacial score (nSPS) is 14.2. The van der Waals surface area contributed by atoms with Crippen LogP contribution >= 0.6 is 0 Å². The Morgan fingerprint density at radius 2 is 1.92 bits per heavy atom. The van der Waals surface area contributed by atoms with Crippen LogP contribution in [0.3, 0.4) is 0 Å². The lowest BCUT2D eigenvalue weighted by molar-refractivity contribution is -0.384. The molecule has 0 atom stereocenters. The number of anilines is 1. The van der Waals surface area contributed by atoms with E-state index in [4.69, 9.17) is 4.42 Å². The van der Waals surface area contributed by atoms with E-state index in [2.05, 4.69) is 15.4 Å². The first kappa shape index (κ1) is 15.7. The average Bonchev–Trinajstić information content (AvgIpc) is 3.26. The Morgan fingerprint density at radius 3 is 2.58 bits per heavy atom. The van der Waals surface area contributed by atoms with Crippen LogP contribution in [0.1, 0.15) is 29.0 Å². The Kier molecular flexibility index (Phi) is 4.55. The maximum atomic E-state index is 11.9. The Hall–Kier alpha value is -3.16. The van der Waals surface area contributed by atoms with E-state index in [1.54, 1.807) is 6.07 Å². The van der Waals surface area contributed by atoms with Gasteiger partial charge >= 0.3 is 0 Å². The van der Waals surface area contributed by atoms with Crippen LogP contribution in [0.4, 0.5) is 11.6 Å². The largest absolute Gasteiger partial charge is 0.440 e. The second kappa shape index (κ2) is 6.95. The quantitative estimate of drug-likeness (QED) is 0.516. The first-order chi connectivity index (χ1) is 11.6. The number of hydrogen-bond acceptors (Lipinski definition) is 6. The zero-order valence-corrected chi connectivity index (χ0v) is 12.8. The molecule has 1 aliphatic heterocycles. The number of benzene rings is 1. The zero-order chi connectivity index (χ0) is 16.9. The van der Waals surface area contributed by atoms with Crippen molar-refractivity contribution in [1.82, 2.24) is 5.43 Å². The van der Waals surface area contributed by atoms with Crippen LogP contribution in [-0.4, -0.2) is 30.1 Å². The lowest BCUT2D eigenvalue weighted by Crippen LogP contribution is -2.17. The molecule has 0 saturated carbocycles. The summed E-state index contributed by atoms with van der Waals surface area (Å²) in [6.07, 6.45) is 3.74. The minimum Gasteiger partial charge on any atom is -0.440 e. The Balaban J connectivity index is 1.57. The maximum Gasteiger partial charge on any atom is 0.271 e. The predicted octanol–water partition coefficient (Wildman–Crippen LogP) is 2.55. The second-order valence-corrected chi connectivity index (χ2v) is 5.37. The molecule has 3 rings (SSSR count). The standard InChI is InChI=1S/C16H16N4O4/c21-16(12-3-5-13(6-4-12)20(22)23)18-17-11-14-7-8-15(24-14)19-9-1-2-10-19/h3-8,11H,1-2,9-10H2,(H,18,21)/b17-11-. The molecule has 1 aromatic carbocycles. The molecule has 0 radical (unpaired) electrons. The molecule has 1 saturated heterocycles. The van der Waals surface area contributed by atoms with E-state index >= 15 is 0 Å². The number of amides is 1. The van der Waals surface area contributed by atoms with E-state index in [9.17, 15) is 14.9 Å². The summed E-state index contributed by atoms with van der Waals surface area (Å²) in [6.45, 7) is 1.97. The van der Waals surface area contributed by atoms with E-state index in [1.807, 2.05) is 6.07 Å². The Morgan fingerprint density at radius 1 is 1.21 bits per heavy atom.